The fourth-order valence-electron chi connectivity index (χ4n) is 6.08. The summed E-state index contributed by atoms with van der Waals surface area (Å²) in [6, 6.07) is 16.1. The van der Waals surface area contributed by atoms with Gasteiger partial charge < -0.3 is 20.3 Å². The molecule has 2 aromatic carbocycles. The van der Waals surface area contributed by atoms with Crippen molar-refractivity contribution in [3.63, 3.8) is 0 Å². The predicted molar refractivity (Wildman–Crippen MR) is 160 cm³/mol. The van der Waals surface area contributed by atoms with Crippen LogP contribution in [0.3, 0.4) is 0 Å². The van der Waals surface area contributed by atoms with Crippen LogP contribution in [-0.2, 0) is 14.3 Å². The zero-order valence-corrected chi connectivity index (χ0v) is 24.8. The summed E-state index contributed by atoms with van der Waals surface area (Å²) >= 11 is 0. The number of carbonyl (C=O) groups excluding carboxylic acids is 3. The van der Waals surface area contributed by atoms with Crippen LogP contribution in [0.4, 0.5) is 10.5 Å². The number of alkyl carbamates (subject to hydrolysis) is 1. The highest BCUT2D eigenvalue weighted by Gasteiger charge is 2.44. The first-order valence-electron chi connectivity index (χ1n) is 14.9. The number of anilines is 1. The van der Waals surface area contributed by atoms with Crippen molar-refractivity contribution in [2.24, 2.45) is 11.8 Å². The van der Waals surface area contributed by atoms with Gasteiger partial charge in [-0.3, -0.25) is 19.1 Å². The van der Waals surface area contributed by atoms with E-state index < -0.39 is 23.5 Å². The first-order valence-corrected chi connectivity index (χ1v) is 14.9. The van der Waals surface area contributed by atoms with Gasteiger partial charge in [-0.05, 0) is 88.6 Å². The van der Waals surface area contributed by atoms with Crippen LogP contribution in [0.5, 0.6) is 0 Å². The summed E-state index contributed by atoms with van der Waals surface area (Å²) < 4.78 is 9.91. The molecule has 11 heteroatoms. The molecule has 2 atom stereocenters. The molecular weight excluding hydrogens is 550 g/mol. The molecule has 0 radical (unpaired) electrons. The van der Waals surface area contributed by atoms with E-state index in [1.807, 2.05) is 51.1 Å². The van der Waals surface area contributed by atoms with Gasteiger partial charge >= 0.3 is 11.8 Å². The van der Waals surface area contributed by atoms with Gasteiger partial charge in [-0.1, -0.05) is 35.5 Å². The summed E-state index contributed by atoms with van der Waals surface area (Å²) in [6.45, 7) is 6.52. The highest BCUT2D eigenvalue weighted by molar-refractivity contribution is 5.98. The predicted octanol–water partition coefficient (Wildman–Crippen LogP) is 4.68. The minimum atomic E-state index is -0.645. The van der Waals surface area contributed by atoms with Gasteiger partial charge in [0, 0.05) is 36.2 Å². The van der Waals surface area contributed by atoms with Crippen molar-refractivity contribution in [3.05, 3.63) is 70.7 Å². The molecule has 3 amide bonds. The lowest BCUT2D eigenvalue weighted by Crippen LogP contribution is -2.48. The zero-order valence-electron chi connectivity index (χ0n) is 24.8. The number of carbonyl (C=O) groups is 3. The lowest BCUT2D eigenvalue weighted by molar-refractivity contribution is -0.141. The summed E-state index contributed by atoms with van der Waals surface area (Å²) in [6.07, 6.45) is 3.34. The SMILES string of the molecule is CC(C)(C)OC(=O)NCC1CCC(C(=O)N2CC[C@@H](c3ccccc3)[C@H]2C(=O)Nc2ccc(-c3noc(=O)[nH]3)cc2)CC1. The minimum Gasteiger partial charge on any atom is -0.444 e. The van der Waals surface area contributed by atoms with Gasteiger partial charge in [-0.15, -0.1) is 0 Å². The molecule has 1 aliphatic heterocycles. The Kier molecular flexibility index (Phi) is 8.98. The van der Waals surface area contributed by atoms with Crippen LogP contribution in [0.1, 0.15) is 64.4 Å². The highest BCUT2D eigenvalue weighted by atomic mass is 16.6. The van der Waals surface area contributed by atoms with E-state index in [0.717, 1.165) is 18.4 Å². The van der Waals surface area contributed by atoms with Crippen molar-refractivity contribution in [1.82, 2.24) is 20.4 Å². The Bertz CT molecular complexity index is 1470. The molecule has 5 rings (SSSR count). The summed E-state index contributed by atoms with van der Waals surface area (Å²) in [5.41, 5.74) is 1.69. The van der Waals surface area contributed by atoms with E-state index in [2.05, 4.69) is 25.3 Å². The van der Waals surface area contributed by atoms with E-state index in [0.29, 0.717) is 49.4 Å². The third-order valence-corrected chi connectivity index (χ3v) is 8.17. The number of nitrogens with one attached hydrogen (secondary N) is 3. The average Bonchev–Trinajstić information content (AvgIpc) is 3.63. The summed E-state index contributed by atoms with van der Waals surface area (Å²) in [4.78, 5) is 55.3. The topological polar surface area (TPSA) is 147 Å². The number of nitrogens with zero attached hydrogens (tertiary/aromatic N) is 2. The Hall–Kier alpha value is -4.41. The van der Waals surface area contributed by atoms with E-state index in [4.69, 9.17) is 4.74 Å². The largest absolute Gasteiger partial charge is 0.444 e. The lowest BCUT2D eigenvalue weighted by Gasteiger charge is -2.34. The van der Waals surface area contributed by atoms with Crippen molar-refractivity contribution >= 4 is 23.6 Å². The number of benzene rings is 2. The number of ether oxygens (including phenoxy) is 1. The second kappa shape index (κ2) is 12.8. The Balaban J connectivity index is 1.24. The Morgan fingerprint density at radius 2 is 1.70 bits per heavy atom. The van der Waals surface area contributed by atoms with Crippen molar-refractivity contribution in [1.29, 1.82) is 0 Å². The highest BCUT2D eigenvalue weighted by Crippen LogP contribution is 2.38. The lowest BCUT2D eigenvalue weighted by atomic mass is 9.81. The molecule has 1 saturated heterocycles. The van der Waals surface area contributed by atoms with E-state index in [1.54, 1.807) is 29.2 Å². The average molecular weight is 590 g/mol. The number of hydrogen-bond acceptors (Lipinski definition) is 7. The van der Waals surface area contributed by atoms with Crippen LogP contribution in [-0.4, -0.2) is 57.7 Å². The van der Waals surface area contributed by atoms with Crippen molar-refractivity contribution < 1.29 is 23.6 Å². The van der Waals surface area contributed by atoms with Gasteiger partial charge in [0.2, 0.25) is 11.8 Å². The Labute approximate surface area is 250 Å². The maximum atomic E-state index is 13.9. The molecule has 1 aliphatic carbocycles. The molecule has 2 aliphatic rings. The monoisotopic (exact) mass is 589 g/mol. The van der Waals surface area contributed by atoms with Crippen LogP contribution in [0, 0.1) is 11.8 Å². The molecule has 0 unspecified atom stereocenters. The summed E-state index contributed by atoms with van der Waals surface area (Å²) in [5, 5.41) is 9.56. The Morgan fingerprint density at radius 3 is 2.33 bits per heavy atom. The standard InChI is InChI=1S/C32H39N5O6/c1-32(2,3)42-30(40)33-19-20-9-11-23(12-10-20)29(39)37-18-17-25(21-7-5-4-6-8-21)26(37)28(38)34-24-15-13-22(14-16-24)27-35-31(41)43-36-27/h4-8,13-16,20,23,25-26H,9-12,17-19H2,1-3H3,(H,33,40)(H,34,38)(H,35,36,41)/t20?,23?,25-,26-/m0/s1. The van der Waals surface area contributed by atoms with Crippen LogP contribution in [0.2, 0.25) is 0 Å². The molecule has 11 nitrogen and oxygen atoms in total. The normalized spacial score (nSPS) is 22.2. The fourth-order valence-corrected chi connectivity index (χ4v) is 6.08. The van der Waals surface area contributed by atoms with E-state index in [-0.39, 0.29) is 29.6 Å². The maximum absolute atomic E-state index is 13.9. The van der Waals surface area contributed by atoms with Gasteiger partial charge in [0.1, 0.15) is 11.6 Å². The van der Waals surface area contributed by atoms with E-state index >= 15 is 0 Å². The maximum Gasteiger partial charge on any atom is 0.439 e. The second-order valence-electron chi connectivity index (χ2n) is 12.4. The molecule has 2 fully saturated rings. The second-order valence-corrected chi connectivity index (χ2v) is 12.4. The molecule has 228 valence electrons. The van der Waals surface area contributed by atoms with Crippen LogP contribution >= 0.6 is 0 Å². The van der Waals surface area contributed by atoms with Crippen molar-refractivity contribution in [2.75, 3.05) is 18.4 Å². The number of amides is 3. The third-order valence-electron chi connectivity index (χ3n) is 8.17. The number of rotatable bonds is 7. The number of aromatic amines is 1. The molecular formula is C32H39N5O6. The molecule has 1 aromatic heterocycles. The van der Waals surface area contributed by atoms with Crippen LogP contribution in [0.15, 0.2) is 63.9 Å². The molecule has 0 spiro atoms. The molecule has 2 heterocycles. The molecule has 1 saturated carbocycles. The quantitative estimate of drug-likeness (QED) is 0.362. The van der Waals surface area contributed by atoms with Gasteiger partial charge in [-0.2, -0.15) is 0 Å². The van der Waals surface area contributed by atoms with Crippen LogP contribution < -0.4 is 16.4 Å². The molecule has 3 aromatic rings. The summed E-state index contributed by atoms with van der Waals surface area (Å²) in [5.74, 6) is -0.568. The van der Waals surface area contributed by atoms with Gasteiger partial charge in [-0.25, -0.2) is 9.59 Å². The van der Waals surface area contributed by atoms with Crippen molar-refractivity contribution in [3.8, 4) is 11.4 Å². The number of aromatic nitrogens is 2. The van der Waals surface area contributed by atoms with Gasteiger partial charge in [0.15, 0.2) is 5.82 Å². The summed E-state index contributed by atoms with van der Waals surface area (Å²) in [7, 11) is 0. The molecule has 0 bridgehead atoms. The molecule has 43 heavy (non-hydrogen) atoms. The Morgan fingerprint density at radius 1 is 1.00 bits per heavy atom. The third kappa shape index (κ3) is 7.52. The van der Waals surface area contributed by atoms with Gasteiger partial charge in [0.25, 0.3) is 0 Å². The number of H-pyrrole nitrogens is 1. The molecule has 3 N–H and O–H groups in total. The van der Waals surface area contributed by atoms with E-state index in [9.17, 15) is 19.2 Å². The zero-order chi connectivity index (χ0) is 30.6. The fraction of sp³-hybridized carbons (Fsp3) is 0.469. The number of likely N-dealkylation sites (tertiary alicyclic amines) is 1. The van der Waals surface area contributed by atoms with E-state index in [1.165, 1.54) is 0 Å². The minimum absolute atomic E-state index is 0.0162. The van der Waals surface area contributed by atoms with Gasteiger partial charge in [0.05, 0.1) is 0 Å². The first-order chi connectivity index (χ1) is 20.6. The van der Waals surface area contributed by atoms with Crippen LogP contribution in [0.25, 0.3) is 11.4 Å². The smallest absolute Gasteiger partial charge is 0.439 e. The first kappa shape index (κ1) is 30.1. The van der Waals surface area contributed by atoms with Crippen molar-refractivity contribution in [2.45, 2.75) is 70.4 Å². The number of hydrogen-bond donors (Lipinski definition) is 3.